The van der Waals surface area contributed by atoms with Crippen LogP contribution < -0.4 is 10.5 Å². The van der Waals surface area contributed by atoms with Crippen molar-refractivity contribution in [3.8, 4) is 5.75 Å². The van der Waals surface area contributed by atoms with Crippen LogP contribution >= 0.6 is 11.6 Å². The Labute approximate surface area is 174 Å². The Bertz CT molecular complexity index is 1040. The maximum absolute atomic E-state index is 13.2. The van der Waals surface area contributed by atoms with Gasteiger partial charge in [0, 0.05) is 33.0 Å². The number of hydrogen-bond donors (Lipinski definition) is 1. The largest absolute Gasteiger partial charge is 0.497 e. The quantitative estimate of drug-likeness (QED) is 0.499. The van der Waals surface area contributed by atoms with Crippen LogP contribution in [0.5, 0.6) is 5.75 Å². The summed E-state index contributed by atoms with van der Waals surface area (Å²) >= 11 is 6.04. The number of benzene rings is 3. The second-order valence-electron chi connectivity index (χ2n) is 6.68. The molecule has 1 heterocycles. The molecule has 1 fully saturated rings. The summed E-state index contributed by atoms with van der Waals surface area (Å²) in [5, 5.41) is 0.619. The van der Waals surface area contributed by atoms with Crippen LogP contribution in [0.3, 0.4) is 0 Å². The van der Waals surface area contributed by atoms with E-state index in [-0.39, 0.29) is 5.78 Å². The summed E-state index contributed by atoms with van der Waals surface area (Å²) in [5.74, 6) is -0.708. The van der Waals surface area contributed by atoms with Gasteiger partial charge in [-0.05, 0) is 36.4 Å². The lowest BCUT2D eigenvalue weighted by Gasteiger charge is -2.29. The molecule has 0 amide bonds. The summed E-state index contributed by atoms with van der Waals surface area (Å²) in [6.45, 7) is 0.873. The van der Waals surface area contributed by atoms with Crippen LogP contribution in [0, 0.1) is 0 Å². The summed E-state index contributed by atoms with van der Waals surface area (Å²) < 4.78 is 17.3. The third-order valence-electron chi connectivity index (χ3n) is 4.93. The van der Waals surface area contributed by atoms with Gasteiger partial charge < -0.3 is 19.9 Å². The number of ether oxygens (including phenoxy) is 3. The van der Waals surface area contributed by atoms with Crippen molar-refractivity contribution in [3.63, 3.8) is 0 Å². The molecule has 148 valence electrons. The average Bonchev–Trinajstić information content (AvgIpc) is 3.25. The van der Waals surface area contributed by atoms with E-state index in [4.69, 9.17) is 31.5 Å². The van der Waals surface area contributed by atoms with Crippen molar-refractivity contribution in [1.29, 1.82) is 0 Å². The first-order chi connectivity index (χ1) is 14.0. The Kier molecular flexibility index (Phi) is 5.28. The molecule has 4 rings (SSSR count). The second-order valence-corrected chi connectivity index (χ2v) is 7.12. The number of carbonyl (C=O) groups is 1. The zero-order chi connectivity index (χ0) is 20.4. The van der Waals surface area contributed by atoms with Crippen molar-refractivity contribution < 1.29 is 19.0 Å². The van der Waals surface area contributed by atoms with E-state index in [0.717, 1.165) is 5.56 Å². The highest BCUT2D eigenvalue weighted by atomic mass is 35.5. The van der Waals surface area contributed by atoms with E-state index < -0.39 is 5.79 Å². The van der Waals surface area contributed by atoms with Gasteiger partial charge in [-0.3, -0.25) is 4.79 Å². The standard InChI is InChI=1S/C23H20ClNO4/c1-27-19-4-2-3-15(13-19)22(26)20-14-17(7-10-21(20)25)23(28-11-12-29-23)16-5-8-18(24)9-6-16/h2-10,13-14H,11-12,25H2,1H3. The van der Waals surface area contributed by atoms with Gasteiger partial charge >= 0.3 is 0 Å². The van der Waals surface area contributed by atoms with Crippen LogP contribution in [-0.2, 0) is 15.3 Å². The molecule has 0 radical (unpaired) electrons. The van der Waals surface area contributed by atoms with Gasteiger partial charge in [0.25, 0.3) is 0 Å². The van der Waals surface area contributed by atoms with E-state index in [9.17, 15) is 4.79 Å². The molecule has 0 bridgehead atoms. The van der Waals surface area contributed by atoms with Crippen molar-refractivity contribution in [1.82, 2.24) is 0 Å². The molecule has 0 saturated carbocycles. The van der Waals surface area contributed by atoms with Gasteiger partial charge in [0.2, 0.25) is 5.79 Å². The monoisotopic (exact) mass is 409 g/mol. The molecular formula is C23H20ClNO4. The smallest absolute Gasteiger partial charge is 0.222 e. The summed E-state index contributed by atoms with van der Waals surface area (Å²) in [5.41, 5.74) is 8.88. The van der Waals surface area contributed by atoms with Crippen molar-refractivity contribution in [2.75, 3.05) is 26.1 Å². The van der Waals surface area contributed by atoms with Gasteiger partial charge in [-0.1, -0.05) is 41.9 Å². The zero-order valence-electron chi connectivity index (χ0n) is 15.9. The van der Waals surface area contributed by atoms with Crippen LogP contribution in [0.1, 0.15) is 27.0 Å². The van der Waals surface area contributed by atoms with Gasteiger partial charge in [-0.25, -0.2) is 0 Å². The molecule has 29 heavy (non-hydrogen) atoms. The summed E-state index contributed by atoms with van der Waals surface area (Å²) in [4.78, 5) is 13.2. The number of nitrogens with two attached hydrogens (primary N) is 1. The van der Waals surface area contributed by atoms with Gasteiger partial charge in [0.15, 0.2) is 5.78 Å². The first kappa shape index (κ1) is 19.5. The number of halogens is 1. The average molecular weight is 410 g/mol. The molecule has 0 aromatic heterocycles. The van der Waals surface area contributed by atoms with Gasteiger partial charge in [0.05, 0.1) is 20.3 Å². The lowest BCUT2D eigenvalue weighted by molar-refractivity contribution is -0.129. The summed E-state index contributed by atoms with van der Waals surface area (Å²) in [7, 11) is 1.56. The van der Waals surface area contributed by atoms with E-state index in [2.05, 4.69) is 0 Å². The number of ketones is 1. The fraction of sp³-hybridized carbons (Fsp3) is 0.174. The van der Waals surface area contributed by atoms with E-state index in [0.29, 0.717) is 46.4 Å². The number of rotatable bonds is 5. The molecule has 5 nitrogen and oxygen atoms in total. The number of anilines is 1. The minimum atomic E-state index is -1.11. The first-order valence-electron chi connectivity index (χ1n) is 9.16. The highest BCUT2D eigenvalue weighted by Crippen LogP contribution is 2.40. The number of nitrogen functional groups attached to an aromatic ring is 1. The van der Waals surface area contributed by atoms with Crippen molar-refractivity contribution in [3.05, 3.63) is 94.0 Å². The molecule has 1 saturated heterocycles. The third kappa shape index (κ3) is 3.60. The lowest BCUT2D eigenvalue weighted by atomic mass is 9.92. The molecule has 0 atom stereocenters. The maximum atomic E-state index is 13.2. The fourth-order valence-corrected chi connectivity index (χ4v) is 3.59. The van der Waals surface area contributed by atoms with E-state index >= 15 is 0 Å². The van der Waals surface area contributed by atoms with Gasteiger partial charge in [0.1, 0.15) is 5.75 Å². The SMILES string of the molecule is COc1cccc(C(=O)c2cc(C3(c4ccc(Cl)cc4)OCCO3)ccc2N)c1. The molecular weight excluding hydrogens is 390 g/mol. The Morgan fingerprint density at radius 2 is 1.69 bits per heavy atom. The first-order valence-corrected chi connectivity index (χ1v) is 9.54. The topological polar surface area (TPSA) is 70.8 Å². The highest BCUT2D eigenvalue weighted by Gasteiger charge is 2.41. The van der Waals surface area contributed by atoms with Crippen LogP contribution in [0.2, 0.25) is 5.02 Å². The van der Waals surface area contributed by atoms with Gasteiger partial charge in [-0.15, -0.1) is 0 Å². The van der Waals surface area contributed by atoms with Crippen molar-refractivity contribution >= 4 is 23.1 Å². The molecule has 6 heteroatoms. The predicted octanol–water partition coefficient (Wildman–Crippen LogP) is 4.41. The third-order valence-corrected chi connectivity index (χ3v) is 5.18. The van der Waals surface area contributed by atoms with E-state index in [1.165, 1.54) is 0 Å². The van der Waals surface area contributed by atoms with E-state index in [1.54, 1.807) is 55.6 Å². The molecule has 3 aromatic rings. The minimum absolute atomic E-state index is 0.201. The maximum Gasteiger partial charge on any atom is 0.222 e. The van der Waals surface area contributed by atoms with Crippen LogP contribution in [0.4, 0.5) is 5.69 Å². The Morgan fingerprint density at radius 3 is 2.38 bits per heavy atom. The van der Waals surface area contributed by atoms with Crippen molar-refractivity contribution in [2.45, 2.75) is 5.79 Å². The minimum Gasteiger partial charge on any atom is -0.497 e. The number of hydrogen-bond acceptors (Lipinski definition) is 5. The molecule has 0 unspecified atom stereocenters. The molecule has 0 aliphatic carbocycles. The Morgan fingerprint density at radius 1 is 1.00 bits per heavy atom. The number of methoxy groups -OCH3 is 1. The zero-order valence-corrected chi connectivity index (χ0v) is 16.6. The molecule has 1 aliphatic rings. The molecule has 1 aliphatic heterocycles. The predicted molar refractivity (Wildman–Crippen MR) is 111 cm³/mol. The molecule has 3 aromatic carbocycles. The summed E-state index contributed by atoms with van der Waals surface area (Å²) in [6, 6.07) is 19.5. The van der Waals surface area contributed by atoms with Gasteiger partial charge in [-0.2, -0.15) is 0 Å². The molecule has 0 spiro atoms. The van der Waals surface area contributed by atoms with Crippen LogP contribution in [0.15, 0.2) is 66.7 Å². The Hall–Kier alpha value is -2.86. The second kappa shape index (κ2) is 7.87. The normalized spacial score (nSPS) is 15.2. The van der Waals surface area contributed by atoms with E-state index in [1.807, 2.05) is 18.2 Å². The highest BCUT2D eigenvalue weighted by molar-refractivity contribution is 6.30. The molecule has 2 N–H and O–H groups in total. The number of carbonyl (C=O) groups excluding carboxylic acids is 1. The summed E-state index contributed by atoms with van der Waals surface area (Å²) in [6.07, 6.45) is 0. The Balaban J connectivity index is 1.79. The van der Waals surface area contributed by atoms with Crippen molar-refractivity contribution in [2.24, 2.45) is 0 Å². The fourth-order valence-electron chi connectivity index (χ4n) is 3.46. The van der Waals surface area contributed by atoms with Crippen LogP contribution in [0.25, 0.3) is 0 Å². The lowest BCUT2D eigenvalue weighted by Crippen LogP contribution is -2.29. The van der Waals surface area contributed by atoms with Crippen LogP contribution in [-0.4, -0.2) is 26.1 Å².